The summed E-state index contributed by atoms with van der Waals surface area (Å²) >= 11 is 0. The molecule has 0 bridgehead atoms. The van der Waals surface area contributed by atoms with Gasteiger partial charge in [-0.2, -0.15) is 0 Å². The molecule has 2 rings (SSSR count). The van der Waals surface area contributed by atoms with Gasteiger partial charge >= 0.3 is 12.1 Å². The zero-order chi connectivity index (χ0) is 17.7. The Hall–Kier alpha value is -2.08. The van der Waals surface area contributed by atoms with Crippen molar-refractivity contribution in [3.8, 4) is 0 Å². The number of ether oxygens (including phenoxy) is 2. The average molecular weight is 334 g/mol. The van der Waals surface area contributed by atoms with Crippen molar-refractivity contribution in [2.24, 2.45) is 5.92 Å². The third kappa shape index (κ3) is 5.53. The number of likely N-dealkylation sites (tertiary alicyclic amines) is 1. The van der Waals surface area contributed by atoms with E-state index in [1.807, 2.05) is 25.2 Å². The highest BCUT2D eigenvalue weighted by molar-refractivity contribution is 5.82. The van der Waals surface area contributed by atoms with Crippen LogP contribution in [-0.4, -0.2) is 49.3 Å². The molecule has 1 N–H and O–H groups in total. The molecule has 24 heavy (non-hydrogen) atoms. The lowest BCUT2D eigenvalue weighted by molar-refractivity contribution is -0.149. The van der Waals surface area contributed by atoms with Crippen molar-refractivity contribution in [2.45, 2.75) is 32.4 Å². The van der Waals surface area contributed by atoms with E-state index in [1.165, 1.54) is 0 Å². The molecule has 0 aliphatic carbocycles. The highest BCUT2D eigenvalue weighted by atomic mass is 16.6. The van der Waals surface area contributed by atoms with E-state index in [9.17, 15) is 9.59 Å². The van der Waals surface area contributed by atoms with Gasteiger partial charge in [-0.05, 0) is 33.4 Å². The third-order valence-corrected chi connectivity index (χ3v) is 3.63. The van der Waals surface area contributed by atoms with Gasteiger partial charge in [0.15, 0.2) is 6.04 Å². The Kier molecular flexibility index (Phi) is 5.83. The Labute approximate surface area is 143 Å². The predicted octanol–water partition coefficient (Wildman–Crippen LogP) is 2.36. The Morgan fingerprint density at radius 3 is 2.42 bits per heavy atom. The van der Waals surface area contributed by atoms with E-state index < -0.39 is 23.7 Å². The summed E-state index contributed by atoms with van der Waals surface area (Å²) in [5.74, 6) is -0.112. The third-order valence-electron chi connectivity index (χ3n) is 3.63. The molecule has 6 nitrogen and oxygen atoms in total. The van der Waals surface area contributed by atoms with E-state index in [-0.39, 0.29) is 0 Å². The van der Waals surface area contributed by atoms with Crippen LogP contribution in [0.4, 0.5) is 4.79 Å². The largest absolute Gasteiger partial charge is 0.464 e. The van der Waals surface area contributed by atoms with Crippen molar-refractivity contribution in [1.29, 1.82) is 0 Å². The summed E-state index contributed by atoms with van der Waals surface area (Å²) in [5.41, 5.74) is 0.0326. The fourth-order valence-electron chi connectivity index (χ4n) is 2.57. The van der Waals surface area contributed by atoms with Crippen molar-refractivity contribution in [3.63, 3.8) is 0 Å². The normalized spacial score (nSPS) is 16.8. The molecule has 1 amide bonds. The number of hydrogen-bond acceptors (Lipinski definition) is 5. The fraction of sp³-hybridized carbons (Fsp3) is 0.556. The molecule has 1 aliphatic heterocycles. The van der Waals surface area contributed by atoms with Crippen LogP contribution < -0.4 is 5.32 Å². The van der Waals surface area contributed by atoms with Gasteiger partial charge < -0.3 is 19.7 Å². The lowest BCUT2D eigenvalue weighted by Gasteiger charge is -2.35. The van der Waals surface area contributed by atoms with Gasteiger partial charge in [0.05, 0.1) is 6.61 Å². The Balaban J connectivity index is 1.99. The van der Waals surface area contributed by atoms with Gasteiger partial charge in [-0.3, -0.25) is 0 Å². The van der Waals surface area contributed by atoms with E-state index in [0.29, 0.717) is 18.1 Å². The van der Waals surface area contributed by atoms with Crippen LogP contribution in [0.2, 0.25) is 0 Å². The summed E-state index contributed by atoms with van der Waals surface area (Å²) in [6.45, 7) is 7.52. The van der Waals surface area contributed by atoms with Gasteiger partial charge in [0.25, 0.3) is 0 Å². The zero-order valence-electron chi connectivity index (χ0n) is 14.7. The first-order chi connectivity index (χ1) is 11.2. The van der Waals surface area contributed by atoms with Gasteiger partial charge in [-0.15, -0.1) is 0 Å². The van der Waals surface area contributed by atoms with E-state index in [0.717, 1.165) is 13.1 Å². The molecule has 0 saturated carbocycles. The van der Waals surface area contributed by atoms with Crippen LogP contribution in [0.15, 0.2) is 30.3 Å². The predicted molar refractivity (Wildman–Crippen MR) is 90.5 cm³/mol. The second-order valence-corrected chi connectivity index (χ2v) is 7.21. The first-order valence-corrected chi connectivity index (χ1v) is 8.14. The van der Waals surface area contributed by atoms with E-state index >= 15 is 0 Å². The Bertz CT molecular complexity index is 562. The SMILES string of the molecule is CN1CC(COC(=O)C(NC(=O)OC(C)(C)C)c2ccccc2)C1. The number of hydrogen-bond donors (Lipinski definition) is 1. The van der Waals surface area contributed by atoms with Crippen LogP contribution in [0.3, 0.4) is 0 Å². The van der Waals surface area contributed by atoms with Crippen molar-refractivity contribution >= 4 is 12.1 Å². The molecule has 0 spiro atoms. The molecule has 1 aromatic rings. The quantitative estimate of drug-likeness (QED) is 0.837. The molecule has 1 fully saturated rings. The summed E-state index contributed by atoms with van der Waals surface area (Å²) in [6, 6.07) is 8.16. The smallest absolute Gasteiger partial charge is 0.408 e. The number of benzene rings is 1. The summed E-state index contributed by atoms with van der Waals surface area (Å²) in [6.07, 6.45) is -0.642. The molecule has 6 heteroatoms. The van der Waals surface area contributed by atoms with Crippen LogP contribution in [0, 0.1) is 5.92 Å². The van der Waals surface area contributed by atoms with Gasteiger partial charge in [0.2, 0.25) is 0 Å². The number of amides is 1. The second kappa shape index (κ2) is 7.66. The van der Waals surface area contributed by atoms with Crippen molar-refractivity contribution in [2.75, 3.05) is 26.7 Å². The molecule has 132 valence electrons. The Morgan fingerprint density at radius 2 is 1.88 bits per heavy atom. The minimum absolute atomic E-state index is 0.358. The van der Waals surface area contributed by atoms with Gasteiger partial charge in [0, 0.05) is 19.0 Å². The maximum absolute atomic E-state index is 12.5. The molecule has 1 aromatic carbocycles. The molecule has 0 radical (unpaired) electrons. The first-order valence-electron chi connectivity index (χ1n) is 8.14. The highest BCUT2D eigenvalue weighted by Crippen LogP contribution is 2.18. The van der Waals surface area contributed by atoms with E-state index in [1.54, 1.807) is 32.9 Å². The number of alkyl carbamates (subject to hydrolysis) is 1. The molecule has 1 heterocycles. The van der Waals surface area contributed by atoms with Crippen molar-refractivity contribution in [3.05, 3.63) is 35.9 Å². The van der Waals surface area contributed by atoms with Crippen molar-refractivity contribution < 1.29 is 19.1 Å². The van der Waals surface area contributed by atoms with Gasteiger partial charge in [-0.1, -0.05) is 30.3 Å². The lowest BCUT2D eigenvalue weighted by atomic mass is 10.0. The topological polar surface area (TPSA) is 67.9 Å². The van der Waals surface area contributed by atoms with E-state index in [2.05, 4.69) is 10.2 Å². The molecule has 0 aromatic heterocycles. The molecule has 1 atom stereocenters. The van der Waals surface area contributed by atoms with Crippen LogP contribution in [0.1, 0.15) is 32.4 Å². The number of rotatable bonds is 5. The highest BCUT2D eigenvalue weighted by Gasteiger charge is 2.29. The maximum Gasteiger partial charge on any atom is 0.408 e. The maximum atomic E-state index is 12.5. The minimum Gasteiger partial charge on any atom is -0.464 e. The number of carbonyl (C=O) groups is 2. The molecule has 1 aliphatic rings. The van der Waals surface area contributed by atoms with Crippen LogP contribution in [0.25, 0.3) is 0 Å². The van der Waals surface area contributed by atoms with Crippen LogP contribution >= 0.6 is 0 Å². The van der Waals surface area contributed by atoms with Gasteiger partial charge in [0.1, 0.15) is 5.60 Å². The number of nitrogens with one attached hydrogen (secondary N) is 1. The molecule has 1 unspecified atom stereocenters. The lowest BCUT2D eigenvalue weighted by Crippen LogP contribution is -2.47. The Morgan fingerprint density at radius 1 is 1.25 bits per heavy atom. The number of carbonyl (C=O) groups excluding carboxylic acids is 2. The summed E-state index contributed by atoms with van der Waals surface area (Å²) in [7, 11) is 2.02. The van der Waals surface area contributed by atoms with Crippen molar-refractivity contribution in [1.82, 2.24) is 10.2 Å². The summed E-state index contributed by atoms with van der Waals surface area (Å²) in [4.78, 5) is 26.7. The average Bonchev–Trinajstić information content (AvgIpc) is 2.47. The van der Waals surface area contributed by atoms with Crippen LogP contribution in [0.5, 0.6) is 0 Å². The van der Waals surface area contributed by atoms with E-state index in [4.69, 9.17) is 9.47 Å². The molecular formula is C18H26N2O4. The number of nitrogens with zero attached hydrogens (tertiary/aromatic N) is 1. The zero-order valence-corrected chi connectivity index (χ0v) is 14.7. The monoisotopic (exact) mass is 334 g/mol. The molecule has 1 saturated heterocycles. The summed E-state index contributed by atoms with van der Waals surface area (Å²) < 4.78 is 10.7. The minimum atomic E-state index is -0.876. The van der Waals surface area contributed by atoms with Crippen LogP contribution in [-0.2, 0) is 14.3 Å². The number of esters is 1. The summed E-state index contributed by atoms with van der Waals surface area (Å²) in [5, 5.41) is 2.61. The molecular weight excluding hydrogens is 308 g/mol. The fourth-order valence-corrected chi connectivity index (χ4v) is 2.57. The van der Waals surface area contributed by atoms with Gasteiger partial charge in [-0.25, -0.2) is 9.59 Å². The standard InChI is InChI=1S/C18H26N2O4/c1-18(2,3)24-17(22)19-15(14-8-6-5-7-9-14)16(21)23-12-13-10-20(4)11-13/h5-9,13,15H,10-12H2,1-4H3,(H,19,22). The first kappa shape index (κ1) is 18.3. The second-order valence-electron chi connectivity index (χ2n) is 7.21.